The van der Waals surface area contributed by atoms with Crippen LogP contribution in [0.3, 0.4) is 0 Å². The van der Waals surface area contributed by atoms with Crippen LogP contribution in [0, 0.1) is 20.8 Å². The molecule has 4 rings (SSSR count). The number of carbonyl (C=O) groups is 1. The zero-order chi connectivity index (χ0) is 19.8. The van der Waals surface area contributed by atoms with Crippen LogP contribution in [0.1, 0.15) is 40.0 Å². The van der Waals surface area contributed by atoms with Crippen LogP contribution in [0.15, 0.2) is 33.8 Å². The largest absolute Gasteiger partial charge is 0.462 e. The molecule has 144 valence electrons. The lowest BCUT2D eigenvalue weighted by Gasteiger charge is -2.04. The fourth-order valence-corrected chi connectivity index (χ4v) is 3.80. The first-order valence-corrected chi connectivity index (χ1v) is 9.99. The number of aryl methyl sites for hydroxylation is 2. The Bertz CT molecular complexity index is 1200. The highest BCUT2D eigenvalue weighted by atomic mass is 32.2. The van der Waals surface area contributed by atoms with Gasteiger partial charge in [-0.3, -0.25) is 0 Å². The van der Waals surface area contributed by atoms with Gasteiger partial charge in [0, 0.05) is 16.8 Å². The monoisotopic (exact) mass is 396 g/mol. The number of furan rings is 1. The summed E-state index contributed by atoms with van der Waals surface area (Å²) in [5.74, 6) is 1.16. The summed E-state index contributed by atoms with van der Waals surface area (Å²) in [5.41, 5.74) is 4.17. The molecule has 3 heterocycles. The fraction of sp³-hybridized carbons (Fsp3) is 0.300. The Balaban J connectivity index is 1.67. The summed E-state index contributed by atoms with van der Waals surface area (Å²) in [4.78, 5) is 21.5. The van der Waals surface area contributed by atoms with Crippen LogP contribution in [-0.4, -0.2) is 32.2 Å². The van der Waals surface area contributed by atoms with E-state index in [1.54, 1.807) is 11.4 Å². The molecule has 0 saturated heterocycles. The van der Waals surface area contributed by atoms with Crippen molar-refractivity contribution in [2.45, 2.75) is 38.6 Å². The second kappa shape index (κ2) is 7.27. The second-order valence-corrected chi connectivity index (χ2v) is 7.36. The molecular weight excluding hydrogens is 376 g/mol. The van der Waals surface area contributed by atoms with E-state index < -0.39 is 0 Å². The Morgan fingerprint density at radius 3 is 2.79 bits per heavy atom. The molecule has 3 aromatic heterocycles. The molecule has 0 unspecified atom stereocenters. The van der Waals surface area contributed by atoms with Crippen molar-refractivity contribution < 1.29 is 13.9 Å². The topological polar surface area (TPSA) is 82.5 Å². The first-order chi connectivity index (χ1) is 13.5. The van der Waals surface area contributed by atoms with Gasteiger partial charge in [-0.2, -0.15) is 4.98 Å². The molecule has 28 heavy (non-hydrogen) atoms. The summed E-state index contributed by atoms with van der Waals surface area (Å²) < 4.78 is 12.9. The summed E-state index contributed by atoms with van der Waals surface area (Å²) in [5, 5.41) is 5.87. The van der Waals surface area contributed by atoms with Gasteiger partial charge in [0.2, 0.25) is 5.16 Å². The number of rotatable bonds is 5. The highest BCUT2D eigenvalue weighted by molar-refractivity contribution is 7.98. The van der Waals surface area contributed by atoms with Crippen molar-refractivity contribution in [3.63, 3.8) is 0 Å². The van der Waals surface area contributed by atoms with E-state index in [2.05, 4.69) is 15.1 Å². The number of ether oxygens (including phenoxy) is 1. The first kappa shape index (κ1) is 18.5. The van der Waals surface area contributed by atoms with Crippen molar-refractivity contribution in [3.05, 3.63) is 52.5 Å². The van der Waals surface area contributed by atoms with Crippen LogP contribution < -0.4 is 0 Å². The van der Waals surface area contributed by atoms with E-state index in [4.69, 9.17) is 9.15 Å². The molecule has 4 aromatic rings. The molecule has 0 N–H and O–H groups in total. The lowest BCUT2D eigenvalue weighted by atomic mass is 10.1. The molecule has 0 aliphatic heterocycles. The normalized spacial score (nSPS) is 11.4. The van der Waals surface area contributed by atoms with E-state index in [-0.39, 0.29) is 5.97 Å². The predicted molar refractivity (Wildman–Crippen MR) is 107 cm³/mol. The Morgan fingerprint density at radius 1 is 1.21 bits per heavy atom. The van der Waals surface area contributed by atoms with Crippen molar-refractivity contribution >= 4 is 34.5 Å². The van der Waals surface area contributed by atoms with Crippen molar-refractivity contribution in [2.24, 2.45) is 0 Å². The van der Waals surface area contributed by atoms with Gasteiger partial charge in [0.25, 0.3) is 5.78 Å². The van der Waals surface area contributed by atoms with Crippen LogP contribution in [0.4, 0.5) is 0 Å². The summed E-state index contributed by atoms with van der Waals surface area (Å²) in [6.45, 7) is 8.07. The molecule has 8 heteroatoms. The molecule has 0 radical (unpaired) electrons. The van der Waals surface area contributed by atoms with Crippen molar-refractivity contribution in [2.75, 3.05) is 6.61 Å². The third-order valence-electron chi connectivity index (χ3n) is 4.72. The molecule has 0 aliphatic rings. The molecule has 0 fully saturated rings. The number of aromatic nitrogens is 4. The SMILES string of the molecule is CCOC(=O)c1c(CSc2nc3nc(C)c(C)c(C)n3n2)oc2ccccc12. The van der Waals surface area contributed by atoms with E-state index in [9.17, 15) is 4.79 Å². The van der Waals surface area contributed by atoms with Gasteiger partial charge in [-0.15, -0.1) is 5.10 Å². The number of hydrogen-bond acceptors (Lipinski definition) is 7. The molecule has 0 bridgehead atoms. The smallest absolute Gasteiger partial charge is 0.342 e. The maximum atomic E-state index is 12.5. The van der Waals surface area contributed by atoms with E-state index >= 15 is 0 Å². The Labute approximate surface area is 166 Å². The van der Waals surface area contributed by atoms with Crippen molar-refractivity contribution in [3.8, 4) is 0 Å². The summed E-state index contributed by atoms with van der Waals surface area (Å²) in [7, 11) is 0. The lowest BCUT2D eigenvalue weighted by Crippen LogP contribution is -2.06. The lowest BCUT2D eigenvalue weighted by molar-refractivity contribution is 0.0526. The molecule has 0 saturated carbocycles. The van der Waals surface area contributed by atoms with Gasteiger partial charge >= 0.3 is 5.97 Å². The predicted octanol–water partition coefficient (Wildman–Crippen LogP) is 4.26. The molecular formula is C20H20N4O3S. The summed E-state index contributed by atoms with van der Waals surface area (Å²) in [6, 6.07) is 7.45. The van der Waals surface area contributed by atoms with Crippen LogP contribution in [0.5, 0.6) is 0 Å². The van der Waals surface area contributed by atoms with Crippen LogP contribution in [-0.2, 0) is 10.5 Å². The minimum Gasteiger partial charge on any atom is -0.462 e. The molecule has 0 aliphatic carbocycles. The number of para-hydroxylation sites is 1. The highest BCUT2D eigenvalue weighted by Gasteiger charge is 2.22. The molecule has 0 atom stereocenters. The molecule has 0 amide bonds. The highest BCUT2D eigenvalue weighted by Crippen LogP contribution is 2.31. The number of benzene rings is 1. The Hall–Kier alpha value is -2.87. The Kier molecular flexibility index (Phi) is 4.80. The molecule has 7 nitrogen and oxygen atoms in total. The van der Waals surface area contributed by atoms with Gasteiger partial charge in [-0.1, -0.05) is 30.0 Å². The third kappa shape index (κ3) is 3.13. The molecule has 0 spiro atoms. The van der Waals surface area contributed by atoms with Gasteiger partial charge < -0.3 is 9.15 Å². The number of esters is 1. The van der Waals surface area contributed by atoms with Gasteiger partial charge in [-0.05, 0) is 39.3 Å². The average Bonchev–Trinajstić information content (AvgIpc) is 3.25. The number of thioether (sulfide) groups is 1. The number of hydrogen-bond donors (Lipinski definition) is 0. The third-order valence-corrected chi connectivity index (χ3v) is 5.56. The van der Waals surface area contributed by atoms with E-state index in [1.165, 1.54) is 11.8 Å². The van der Waals surface area contributed by atoms with Crippen molar-refractivity contribution in [1.82, 2.24) is 19.6 Å². The van der Waals surface area contributed by atoms with Crippen molar-refractivity contribution in [1.29, 1.82) is 0 Å². The Morgan fingerprint density at radius 2 is 2.00 bits per heavy atom. The fourth-order valence-electron chi connectivity index (χ4n) is 3.05. The van der Waals surface area contributed by atoms with E-state index in [0.717, 1.165) is 22.3 Å². The standard InChI is InChI=1S/C20H20N4O3S/c1-5-26-18(25)17-14-8-6-7-9-15(14)27-16(17)10-28-20-22-19-21-12(3)11(2)13(4)24(19)23-20/h6-9H,5,10H2,1-4H3. The summed E-state index contributed by atoms with van der Waals surface area (Å²) in [6.07, 6.45) is 0. The average molecular weight is 396 g/mol. The maximum absolute atomic E-state index is 12.5. The van der Waals surface area contributed by atoms with E-state index in [0.29, 0.717) is 40.2 Å². The number of nitrogens with zero attached hydrogens (tertiary/aromatic N) is 4. The molecule has 1 aromatic carbocycles. The minimum absolute atomic E-state index is 0.308. The van der Waals surface area contributed by atoms with E-state index in [1.807, 2.05) is 45.0 Å². The second-order valence-electron chi connectivity index (χ2n) is 6.42. The zero-order valence-corrected chi connectivity index (χ0v) is 17.0. The van der Waals surface area contributed by atoms with Gasteiger partial charge in [0.05, 0.1) is 12.4 Å². The van der Waals surface area contributed by atoms with Crippen LogP contribution in [0.25, 0.3) is 16.7 Å². The maximum Gasteiger partial charge on any atom is 0.342 e. The summed E-state index contributed by atoms with van der Waals surface area (Å²) >= 11 is 1.40. The minimum atomic E-state index is -0.380. The van der Waals surface area contributed by atoms with Crippen LogP contribution in [0.2, 0.25) is 0 Å². The zero-order valence-electron chi connectivity index (χ0n) is 16.1. The van der Waals surface area contributed by atoms with Gasteiger partial charge in [-0.25, -0.2) is 14.3 Å². The van der Waals surface area contributed by atoms with Gasteiger partial charge in [0.1, 0.15) is 16.9 Å². The number of carbonyl (C=O) groups excluding carboxylic acids is 1. The number of fused-ring (bicyclic) bond motifs is 2. The van der Waals surface area contributed by atoms with Crippen LogP contribution >= 0.6 is 11.8 Å². The van der Waals surface area contributed by atoms with Gasteiger partial charge in [0.15, 0.2) is 0 Å². The first-order valence-electron chi connectivity index (χ1n) is 9.00. The quantitative estimate of drug-likeness (QED) is 0.368.